The van der Waals surface area contributed by atoms with Gasteiger partial charge in [0.15, 0.2) is 6.04 Å². The lowest BCUT2D eigenvalue weighted by atomic mass is 10.3. The average Bonchev–Trinajstić information content (AvgIpc) is 2.47. The van der Waals surface area contributed by atoms with Gasteiger partial charge in [-0.2, -0.15) is 0 Å². The van der Waals surface area contributed by atoms with Crippen LogP contribution in [0.5, 0.6) is 0 Å². The molecule has 0 aromatic carbocycles. The van der Waals surface area contributed by atoms with Crippen molar-refractivity contribution in [1.82, 2.24) is 5.09 Å². The molecule has 76 valence electrons. The molecule has 1 aliphatic heterocycles. The second kappa shape index (κ2) is 4.57. The van der Waals surface area contributed by atoms with Gasteiger partial charge in [0.25, 0.3) is 0 Å². The summed E-state index contributed by atoms with van der Waals surface area (Å²) in [6.07, 6.45) is 0. The number of nitrogens with one attached hydrogen (secondary N) is 1. The molecular weight excluding hydrogens is 213 g/mol. The molecule has 0 aliphatic carbocycles. The monoisotopic (exact) mass is 225 g/mol. The van der Waals surface area contributed by atoms with E-state index < -0.39 is 13.1 Å². The first-order valence-electron chi connectivity index (χ1n) is 3.86. The van der Waals surface area contributed by atoms with Crippen LogP contribution in [0.15, 0.2) is 0 Å². The van der Waals surface area contributed by atoms with Gasteiger partial charge in [0.1, 0.15) is 6.61 Å². The van der Waals surface area contributed by atoms with Gasteiger partial charge in [-0.15, -0.1) is 5.09 Å². The van der Waals surface area contributed by atoms with Crippen LogP contribution in [-0.4, -0.2) is 32.3 Å². The topological polar surface area (TPSA) is 56.8 Å². The lowest BCUT2D eigenvalue weighted by molar-refractivity contribution is -0.142. The van der Waals surface area contributed by atoms with Gasteiger partial charge >= 0.3 is 5.97 Å². The molecule has 5 nitrogen and oxygen atoms in total. The lowest BCUT2D eigenvalue weighted by Crippen LogP contribution is -2.33. The summed E-state index contributed by atoms with van der Waals surface area (Å²) in [7, 11) is -1.08. The first kappa shape index (κ1) is 11.2. The van der Waals surface area contributed by atoms with E-state index in [-0.39, 0.29) is 12.6 Å². The number of methoxy groups -OCH3 is 1. The van der Waals surface area contributed by atoms with Gasteiger partial charge in [-0.05, 0) is 6.92 Å². The van der Waals surface area contributed by atoms with E-state index in [1.54, 1.807) is 0 Å². The maximum atomic E-state index is 11.1. The van der Waals surface area contributed by atoms with Gasteiger partial charge < -0.3 is 17.0 Å². The SMILES string of the molecule is CCO[P+]1([S-])N[C@@H](C(=O)OC)CO1. The van der Waals surface area contributed by atoms with Crippen molar-refractivity contribution in [3.05, 3.63) is 0 Å². The number of hydrogen-bond donors (Lipinski definition) is 1. The largest absolute Gasteiger partial charge is 0.472 e. The van der Waals surface area contributed by atoms with Crippen molar-refractivity contribution >= 4 is 25.3 Å². The highest BCUT2D eigenvalue weighted by Gasteiger charge is 2.42. The minimum absolute atomic E-state index is 0.226. The molecule has 2 atom stereocenters. The lowest BCUT2D eigenvalue weighted by Gasteiger charge is -2.21. The van der Waals surface area contributed by atoms with Crippen LogP contribution in [0.1, 0.15) is 6.92 Å². The van der Waals surface area contributed by atoms with E-state index in [9.17, 15) is 4.79 Å². The average molecular weight is 225 g/mol. The van der Waals surface area contributed by atoms with Crippen molar-refractivity contribution in [3.8, 4) is 0 Å². The minimum atomic E-state index is -2.41. The summed E-state index contributed by atoms with van der Waals surface area (Å²) in [5.41, 5.74) is 0. The molecule has 0 bridgehead atoms. The van der Waals surface area contributed by atoms with Crippen molar-refractivity contribution in [2.75, 3.05) is 20.3 Å². The van der Waals surface area contributed by atoms with Crippen LogP contribution in [-0.2, 0) is 30.8 Å². The van der Waals surface area contributed by atoms with Crippen molar-refractivity contribution in [2.24, 2.45) is 0 Å². The molecule has 1 saturated heterocycles. The van der Waals surface area contributed by atoms with E-state index in [2.05, 4.69) is 9.82 Å². The van der Waals surface area contributed by atoms with E-state index in [0.29, 0.717) is 6.61 Å². The highest BCUT2D eigenvalue weighted by atomic mass is 32.7. The predicted molar refractivity (Wildman–Crippen MR) is 50.8 cm³/mol. The smallest absolute Gasteiger partial charge is 0.329 e. The molecule has 13 heavy (non-hydrogen) atoms. The molecule has 1 heterocycles. The Labute approximate surface area is 82.8 Å². The van der Waals surface area contributed by atoms with Crippen LogP contribution in [0.4, 0.5) is 0 Å². The molecule has 1 rings (SSSR count). The highest BCUT2D eigenvalue weighted by molar-refractivity contribution is 8.37. The molecule has 1 unspecified atom stereocenters. The quantitative estimate of drug-likeness (QED) is 0.426. The standard InChI is InChI=1S/C6H12NO4PS/c1-3-10-12(13)7-5(4-11-12)6(8)9-2/h5H,3-4H2,1-2H3,(H,7,13)/t5-,12?/m1/s1. The molecule has 0 aromatic heterocycles. The van der Waals surface area contributed by atoms with Gasteiger partial charge in [-0.3, -0.25) is 4.79 Å². The summed E-state index contributed by atoms with van der Waals surface area (Å²) in [5, 5.41) is 2.83. The second-order valence-electron chi connectivity index (χ2n) is 2.42. The summed E-state index contributed by atoms with van der Waals surface area (Å²) in [4.78, 5) is 11.1. The molecule has 7 heteroatoms. The second-order valence-corrected chi connectivity index (χ2v) is 5.63. The maximum absolute atomic E-state index is 11.1. The van der Waals surface area contributed by atoms with Crippen LogP contribution in [0.3, 0.4) is 0 Å². The Kier molecular flexibility index (Phi) is 3.94. The summed E-state index contributed by atoms with van der Waals surface area (Å²) < 4.78 is 14.9. The Morgan fingerprint density at radius 2 is 2.54 bits per heavy atom. The van der Waals surface area contributed by atoms with Crippen molar-refractivity contribution < 1.29 is 18.6 Å². The molecule has 0 aromatic rings. The summed E-state index contributed by atoms with van der Waals surface area (Å²) in [6, 6.07) is -0.484. The number of ether oxygens (including phenoxy) is 1. The van der Waals surface area contributed by atoms with Crippen molar-refractivity contribution in [2.45, 2.75) is 13.0 Å². The Balaban J connectivity index is 2.47. The number of hydrogen-bond acceptors (Lipinski definition) is 6. The molecule has 0 amide bonds. The third kappa shape index (κ3) is 2.79. The molecule has 1 N–H and O–H groups in total. The molecule has 1 fully saturated rings. The van der Waals surface area contributed by atoms with Crippen molar-refractivity contribution in [3.63, 3.8) is 0 Å². The van der Waals surface area contributed by atoms with Gasteiger partial charge in [0, 0.05) is 0 Å². The van der Waals surface area contributed by atoms with Crippen LogP contribution in [0.2, 0.25) is 0 Å². The highest BCUT2D eigenvalue weighted by Crippen LogP contribution is 2.58. The molecule has 0 spiro atoms. The summed E-state index contributed by atoms with van der Waals surface area (Å²) >= 11 is 5.06. The molecule has 0 radical (unpaired) electrons. The Bertz CT molecular complexity index is 205. The molecule has 1 aliphatic rings. The zero-order valence-electron chi connectivity index (χ0n) is 7.48. The fraction of sp³-hybridized carbons (Fsp3) is 0.833. The summed E-state index contributed by atoms with van der Waals surface area (Å²) in [5.74, 6) is -0.369. The Morgan fingerprint density at radius 1 is 1.85 bits per heavy atom. The summed E-state index contributed by atoms with van der Waals surface area (Å²) in [6.45, 7) is 2.52. The number of carbonyl (C=O) groups is 1. The molecule has 0 saturated carbocycles. The van der Waals surface area contributed by atoms with E-state index in [1.165, 1.54) is 7.11 Å². The van der Waals surface area contributed by atoms with Gasteiger partial charge in [0.05, 0.1) is 13.7 Å². The van der Waals surface area contributed by atoms with E-state index in [4.69, 9.17) is 21.3 Å². The van der Waals surface area contributed by atoms with Gasteiger partial charge in [-0.25, -0.2) is 9.05 Å². The third-order valence-electron chi connectivity index (χ3n) is 1.51. The Morgan fingerprint density at radius 3 is 3.08 bits per heavy atom. The first-order chi connectivity index (χ1) is 6.11. The zero-order valence-corrected chi connectivity index (χ0v) is 9.19. The molecular formula is C6H12NO4PS. The third-order valence-corrected chi connectivity index (χ3v) is 4.17. The minimum Gasteiger partial charge on any atom is -0.472 e. The predicted octanol–water partition coefficient (Wildman–Crippen LogP) is 0.409. The van der Waals surface area contributed by atoms with Gasteiger partial charge in [0.2, 0.25) is 7.07 Å². The van der Waals surface area contributed by atoms with Crippen LogP contribution in [0.25, 0.3) is 0 Å². The maximum Gasteiger partial charge on any atom is 0.329 e. The fourth-order valence-corrected chi connectivity index (χ4v) is 3.30. The van der Waals surface area contributed by atoms with Crippen LogP contribution in [0, 0.1) is 0 Å². The van der Waals surface area contributed by atoms with E-state index in [1.807, 2.05) is 6.92 Å². The normalized spacial score (nSPS) is 33.3. The first-order valence-corrected chi connectivity index (χ1v) is 6.50. The zero-order chi connectivity index (χ0) is 9.90. The van der Waals surface area contributed by atoms with Crippen LogP contribution >= 0.6 is 7.07 Å². The number of esters is 1. The Hall–Kier alpha value is 0.130. The number of rotatable bonds is 3. The van der Waals surface area contributed by atoms with Gasteiger partial charge in [-0.1, -0.05) is 0 Å². The van der Waals surface area contributed by atoms with Crippen molar-refractivity contribution in [1.29, 1.82) is 0 Å². The van der Waals surface area contributed by atoms with E-state index in [0.717, 1.165) is 0 Å². The number of carbonyl (C=O) groups excluding carboxylic acids is 1. The van der Waals surface area contributed by atoms with E-state index >= 15 is 0 Å². The fourth-order valence-electron chi connectivity index (χ4n) is 0.946. The van der Waals surface area contributed by atoms with Crippen LogP contribution < -0.4 is 5.09 Å².